The molecular formula is C12H16N4O5S. The van der Waals surface area contributed by atoms with E-state index in [4.69, 9.17) is 4.74 Å². The Morgan fingerprint density at radius 1 is 1.73 bits per heavy atom. The molecule has 0 unspecified atom stereocenters. The fraction of sp³-hybridized carbons (Fsp3) is 0.583. The zero-order chi connectivity index (χ0) is 16.3. The average molecular weight is 328 g/mol. The molecule has 120 valence electrons. The molecule has 0 spiro atoms. The lowest BCUT2D eigenvalue weighted by atomic mass is 10.1. The van der Waals surface area contributed by atoms with Gasteiger partial charge in [-0.2, -0.15) is 0 Å². The van der Waals surface area contributed by atoms with Gasteiger partial charge in [0.2, 0.25) is 11.8 Å². The Morgan fingerprint density at radius 3 is 3.05 bits per heavy atom. The van der Waals surface area contributed by atoms with Crippen LogP contribution in [-0.2, 0) is 14.3 Å². The zero-order valence-electron chi connectivity index (χ0n) is 12.1. The smallest absolute Gasteiger partial charge is 0.345 e. The highest BCUT2D eigenvalue weighted by Gasteiger charge is 2.36. The molecule has 1 fully saturated rings. The third-order valence-electron chi connectivity index (χ3n) is 3.37. The number of likely N-dealkylation sites (tertiary alicyclic amines) is 1. The molecule has 1 saturated heterocycles. The second-order valence-electron chi connectivity index (χ2n) is 5.00. The number of thiazole rings is 1. The lowest BCUT2D eigenvalue weighted by Crippen LogP contribution is -2.38. The van der Waals surface area contributed by atoms with Crippen LogP contribution in [0.1, 0.15) is 13.3 Å². The highest BCUT2D eigenvalue weighted by atomic mass is 32.1. The Balaban J connectivity index is 1.95. The Labute approximate surface area is 130 Å². The van der Waals surface area contributed by atoms with Gasteiger partial charge in [0.05, 0.1) is 23.5 Å². The van der Waals surface area contributed by atoms with E-state index in [1.165, 1.54) is 0 Å². The minimum absolute atomic E-state index is 0.101. The number of nitrogens with one attached hydrogen (secondary N) is 1. The molecule has 0 radical (unpaired) electrons. The molecule has 2 amide bonds. The van der Waals surface area contributed by atoms with Crippen molar-refractivity contribution in [2.24, 2.45) is 5.92 Å². The van der Waals surface area contributed by atoms with Crippen LogP contribution in [0.2, 0.25) is 0 Å². The quantitative estimate of drug-likeness (QED) is 0.612. The molecule has 2 rings (SSSR count). The number of nitro groups is 1. The first-order valence-electron chi connectivity index (χ1n) is 6.62. The number of rotatable bonds is 6. The second kappa shape index (κ2) is 6.79. The van der Waals surface area contributed by atoms with Crippen molar-refractivity contribution in [1.82, 2.24) is 9.88 Å². The first-order valence-corrected chi connectivity index (χ1v) is 7.43. The van der Waals surface area contributed by atoms with Crippen LogP contribution in [0.3, 0.4) is 0 Å². The maximum Gasteiger partial charge on any atom is 0.345 e. The zero-order valence-corrected chi connectivity index (χ0v) is 13.0. The highest BCUT2D eigenvalue weighted by Crippen LogP contribution is 2.27. The van der Waals surface area contributed by atoms with Crippen LogP contribution >= 0.6 is 11.3 Å². The van der Waals surface area contributed by atoms with Gasteiger partial charge in [-0.25, -0.2) is 4.98 Å². The third-order valence-corrected chi connectivity index (χ3v) is 4.24. The number of nitrogens with zero attached hydrogens (tertiary/aromatic N) is 3. The minimum Gasteiger partial charge on any atom is -0.383 e. The van der Waals surface area contributed by atoms with E-state index in [0.717, 1.165) is 17.5 Å². The van der Waals surface area contributed by atoms with Crippen molar-refractivity contribution in [2.45, 2.75) is 19.4 Å². The molecule has 9 nitrogen and oxygen atoms in total. The highest BCUT2D eigenvalue weighted by molar-refractivity contribution is 7.18. The van der Waals surface area contributed by atoms with Crippen molar-refractivity contribution in [1.29, 1.82) is 0 Å². The van der Waals surface area contributed by atoms with Crippen LogP contribution in [0.15, 0.2) is 6.20 Å². The van der Waals surface area contributed by atoms with Gasteiger partial charge in [-0.15, -0.1) is 0 Å². The summed E-state index contributed by atoms with van der Waals surface area (Å²) in [5, 5.41) is 13.1. The van der Waals surface area contributed by atoms with E-state index in [9.17, 15) is 19.7 Å². The van der Waals surface area contributed by atoms with Crippen molar-refractivity contribution < 1.29 is 19.2 Å². The summed E-state index contributed by atoms with van der Waals surface area (Å²) in [7, 11) is 1.55. The van der Waals surface area contributed by atoms with Crippen LogP contribution in [0.25, 0.3) is 0 Å². The van der Waals surface area contributed by atoms with E-state index in [0.29, 0.717) is 13.2 Å². The summed E-state index contributed by atoms with van der Waals surface area (Å²) in [6.45, 7) is 2.56. The molecule has 1 aromatic heterocycles. The Bertz CT molecular complexity index is 590. The number of ether oxygens (including phenoxy) is 1. The summed E-state index contributed by atoms with van der Waals surface area (Å²) in [6, 6.07) is -0.101. The first-order chi connectivity index (χ1) is 10.4. The Morgan fingerprint density at radius 2 is 2.45 bits per heavy atom. The Hall–Kier alpha value is -2.07. The summed E-state index contributed by atoms with van der Waals surface area (Å²) in [5.74, 6) is -0.950. The molecular weight excluding hydrogens is 312 g/mol. The molecule has 0 aromatic carbocycles. The van der Waals surface area contributed by atoms with Crippen molar-refractivity contribution in [3.05, 3.63) is 16.3 Å². The summed E-state index contributed by atoms with van der Waals surface area (Å²) >= 11 is 0.783. The number of anilines is 1. The van der Waals surface area contributed by atoms with Crippen LogP contribution in [-0.4, -0.2) is 52.9 Å². The van der Waals surface area contributed by atoms with E-state index in [2.05, 4.69) is 10.3 Å². The van der Waals surface area contributed by atoms with Crippen molar-refractivity contribution in [3.63, 3.8) is 0 Å². The van der Waals surface area contributed by atoms with Gasteiger partial charge >= 0.3 is 5.00 Å². The maximum absolute atomic E-state index is 12.1. The molecule has 22 heavy (non-hydrogen) atoms. The fourth-order valence-corrected chi connectivity index (χ4v) is 2.91. The van der Waals surface area contributed by atoms with E-state index < -0.39 is 10.8 Å². The number of methoxy groups -OCH3 is 1. The third kappa shape index (κ3) is 3.57. The van der Waals surface area contributed by atoms with Gasteiger partial charge in [0.1, 0.15) is 6.20 Å². The van der Waals surface area contributed by atoms with E-state index >= 15 is 0 Å². The standard InChI is InChI=1S/C12H16N4O5S/c1-7(6-21-2)15-5-8(3-9(15)17)11(18)14-12-13-4-10(22-12)16(19)20/h4,7-8H,3,5-6H2,1-2H3,(H,13,14,18)/t7-,8-/m0/s1. The van der Waals surface area contributed by atoms with Gasteiger partial charge in [-0.05, 0) is 18.3 Å². The fourth-order valence-electron chi connectivity index (χ4n) is 2.28. The van der Waals surface area contributed by atoms with Gasteiger partial charge < -0.3 is 15.0 Å². The lowest BCUT2D eigenvalue weighted by molar-refractivity contribution is -0.380. The van der Waals surface area contributed by atoms with Gasteiger partial charge in [-0.1, -0.05) is 0 Å². The Kier molecular flexibility index (Phi) is 5.03. The van der Waals surface area contributed by atoms with Crippen LogP contribution in [0, 0.1) is 16.0 Å². The lowest BCUT2D eigenvalue weighted by Gasteiger charge is -2.23. The number of carbonyl (C=O) groups is 2. The molecule has 1 N–H and O–H groups in total. The number of carbonyl (C=O) groups excluding carboxylic acids is 2. The number of amides is 2. The SMILES string of the molecule is COC[C@H](C)N1C[C@@H](C(=O)Nc2ncc([N+](=O)[O-])s2)CC1=O. The maximum atomic E-state index is 12.1. The molecule has 2 heterocycles. The van der Waals surface area contributed by atoms with Crippen LogP contribution < -0.4 is 5.32 Å². The topological polar surface area (TPSA) is 115 Å². The van der Waals surface area contributed by atoms with E-state index in [-0.39, 0.29) is 34.4 Å². The van der Waals surface area contributed by atoms with Crippen LogP contribution in [0.5, 0.6) is 0 Å². The van der Waals surface area contributed by atoms with Crippen LogP contribution in [0.4, 0.5) is 10.1 Å². The summed E-state index contributed by atoms with van der Waals surface area (Å²) < 4.78 is 5.01. The van der Waals surface area contributed by atoms with Crippen molar-refractivity contribution in [3.8, 4) is 0 Å². The van der Waals surface area contributed by atoms with Gasteiger partial charge in [0.15, 0.2) is 5.13 Å². The molecule has 1 aromatic rings. The van der Waals surface area contributed by atoms with Gasteiger partial charge in [0.25, 0.3) is 0 Å². The van der Waals surface area contributed by atoms with Crippen molar-refractivity contribution >= 4 is 33.3 Å². The molecule has 10 heteroatoms. The van der Waals surface area contributed by atoms with Crippen molar-refractivity contribution in [2.75, 3.05) is 25.6 Å². The second-order valence-corrected chi connectivity index (χ2v) is 6.01. The number of aromatic nitrogens is 1. The first kappa shape index (κ1) is 16.3. The predicted molar refractivity (Wildman–Crippen MR) is 78.6 cm³/mol. The summed E-state index contributed by atoms with van der Waals surface area (Å²) in [4.78, 5) is 39.5. The monoisotopic (exact) mass is 328 g/mol. The summed E-state index contributed by atoms with van der Waals surface area (Å²) in [5.41, 5.74) is 0. The number of hydrogen-bond acceptors (Lipinski definition) is 7. The van der Waals surface area contributed by atoms with E-state index in [1.807, 2.05) is 6.92 Å². The van der Waals surface area contributed by atoms with Gasteiger partial charge in [-0.3, -0.25) is 19.7 Å². The van der Waals surface area contributed by atoms with Gasteiger partial charge in [0, 0.05) is 20.1 Å². The molecule has 0 aliphatic carbocycles. The normalized spacial score (nSPS) is 19.3. The minimum atomic E-state index is -0.569. The molecule has 2 atom stereocenters. The van der Waals surface area contributed by atoms with E-state index in [1.54, 1.807) is 12.0 Å². The molecule has 0 saturated carbocycles. The average Bonchev–Trinajstić information content (AvgIpc) is 3.05. The predicted octanol–water partition coefficient (Wildman–Crippen LogP) is 0.873. The molecule has 1 aliphatic heterocycles. The molecule has 0 bridgehead atoms. The summed E-state index contributed by atoms with van der Waals surface area (Å²) in [6.07, 6.45) is 1.21. The number of hydrogen-bond donors (Lipinski definition) is 1. The molecule has 1 aliphatic rings. The largest absolute Gasteiger partial charge is 0.383 e.